The molecule has 0 radical (unpaired) electrons. The lowest BCUT2D eigenvalue weighted by Gasteiger charge is -2.18. The molecule has 0 aromatic heterocycles. The Balaban J connectivity index is 2.29. The lowest BCUT2D eigenvalue weighted by Crippen LogP contribution is -2.21. The third-order valence-electron chi connectivity index (χ3n) is 3.20. The maximum Gasteiger partial charge on any atom is 0.196 e. The van der Waals surface area contributed by atoms with Crippen LogP contribution in [-0.4, -0.2) is 18.7 Å². The molecule has 0 unspecified atom stereocenters. The van der Waals surface area contributed by atoms with E-state index in [1.165, 1.54) is 7.11 Å². The van der Waals surface area contributed by atoms with Crippen molar-refractivity contribution >= 4 is 23.2 Å². The summed E-state index contributed by atoms with van der Waals surface area (Å²) in [6.45, 7) is 0. The number of benzene rings is 2. The number of carbonyl (C=O) groups is 2. The second-order valence-corrected chi connectivity index (χ2v) is 4.64. The number of hydrogen-bond donors (Lipinski definition) is 0. The standard InChI is InChI=1S/C15H9ClO3/c1-19-8-5-6-9-11(7-8)14(17)10-3-2-4-12(16)13(10)15(9)18/h2-7H,1H3. The summed E-state index contributed by atoms with van der Waals surface area (Å²) >= 11 is 6.03. The molecule has 0 N–H and O–H groups in total. The van der Waals surface area contributed by atoms with Gasteiger partial charge in [0.05, 0.1) is 17.7 Å². The Labute approximate surface area is 114 Å². The van der Waals surface area contributed by atoms with Crippen molar-refractivity contribution in [3.63, 3.8) is 0 Å². The van der Waals surface area contributed by atoms with Gasteiger partial charge in [0.15, 0.2) is 11.6 Å². The summed E-state index contributed by atoms with van der Waals surface area (Å²) in [7, 11) is 1.52. The van der Waals surface area contributed by atoms with Crippen molar-refractivity contribution in [2.45, 2.75) is 0 Å². The molecule has 2 aromatic carbocycles. The molecule has 2 aromatic rings. The van der Waals surface area contributed by atoms with Gasteiger partial charge in [-0.2, -0.15) is 0 Å². The number of methoxy groups -OCH3 is 1. The quantitative estimate of drug-likeness (QED) is 0.683. The summed E-state index contributed by atoms with van der Waals surface area (Å²) in [5.74, 6) is 0.120. The first-order valence-electron chi connectivity index (χ1n) is 5.69. The van der Waals surface area contributed by atoms with Crippen LogP contribution in [0.1, 0.15) is 31.8 Å². The molecule has 0 aliphatic heterocycles. The minimum Gasteiger partial charge on any atom is -0.497 e. The highest BCUT2D eigenvalue weighted by atomic mass is 35.5. The third kappa shape index (κ3) is 1.66. The van der Waals surface area contributed by atoms with Crippen LogP contribution in [0.25, 0.3) is 0 Å². The highest BCUT2D eigenvalue weighted by molar-refractivity contribution is 6.39. The summed E-state index contributed by atoms with van der Waals surface area (Å²) in [5.41, 5.74) is 1.36. The molecule has 0 saturated heterocycles. The lowest BCUT2D eigenvalue weighted by atomic mass is 9.84. The number of fused-ring (bicyclic) bond motifs is 2. The number of hydrogen-bond acceptors (Lipinski definition) is 3. The summed E-state index contributed by atoms with van der Waals surface area (Å²) in [6, 6.07) is 9.73. The van der Waals surface area contributed by atoms with Gasteiger partial charge in [-0.1, -0.05) is 23.7 Å². The molecule has 4 heteroatoms. The molecule has 0 spiro atoms. The first-order valence-corrected chi connectivity index (χ1v) is 6.07. The van der Waals surface area contributed by atoms with Gasteiger partial charge < -0.3 is 4.74 Å². The molecule has 0 atom stereocenters. The monoisotopic (exact) mass is 272 g/mol. The fraction of sp³-hybridized carbons (Fsp3) is 0.0667. The van der Waals surface area contributed by atoms with Gasteiger partial charge in [-0.05, 0) is 24.3 Å². The number of rotatable bonds is 1. The zero-order valence-electron chi connectivity index (χ0n) is 10.1. The van der Waals surface area contributed by atoms with Gasteiger partial charge in [0.1, 0.15) is 5.75 Å². The van der Waals surface area contributed by atoms with Gasteiger partial charge in [0.25, 0.3) is 0 Å². The van der Waals surface area contributed by atoms with Crippen LogP contribution in [0, 0.1) is 0 Å². The first-order chi connectivity index (χ1) is 9.13. The third-order valence-corrected chi connectivity index (χ3v) is 3.52. The Kier molecular flexibility index (Phi) is 2.64. The van der Waals surface area contributed by atoms with Gasteiger partial charge in [-0.15, -0.1) is 0 Å². The molecule has 3 nitrogen and oxygen atoms in total. The first kappa shape index (κ1) is 11.9. The van der Waals surface area contributed by atoms with Crippen LogP contribution in [0.15, 0.2) is 36.4 Å². The molecular weight excluding hydrogens is 264 g/mol. The van der Waals surface area contributed by atoms with Crippen LogP contribution in [0.2, 0.25) is 5.02 Å². The maximum atomic E-state index is 12.4. The van der Waals surface area contributed by atoms with Crippen LogP contribution < -0.4 is 4.74 Å². The van der Waals surface area contributed by atoms with Crippen molar-refractivity contribution in [1.29, 1.82) is 0 Å². The minimum absolute atomic E-state index is 0.203. The Morgan fingerprint density at radius 2 is 1.74 bits per heavy atom. The Hall–Kier alpha value is -2.13. The molecule has 1 aliphatic carbocycles. The van der Waals surface area contributed by atoms with Crippen molar-refractivity contribution in [3.8, 4) is 5.75 Å². The van der Waals surface area contributed by atoms with Gasteiger partial charge in [-0.3, -0.25) is 9.59 Å². The normalized spacial score (nSPS) is 12.9. The van der Waals surface area contributed by atoms with Crippen molar-refractivity contribution in [1.82, 2.24) is 0 Å². The predicted octanol–water partition coefficient (Wildman–Crippen LogP) is 3.12. The van der Waals surface area contributed by atoms with E-state index < -0.39 is 0 Å². The van der Waals surface area contributed by atoms with Crippen molar-refractivity contribution in [2.75, 3.05) is 7.11 Å². The van der Waals surface area contributed by atoms with E-state index in [0.29, 0.717) is 27.5 Å². The SMILES string of the molecule is COc1ccc2c(c1)C(=O)c1cccc(Cl)c1C2=O. The summed E-state index contributed by atoms with van der Waals surface area (Å²) in [5, 5.41) is 0.303. The smallest absolute Gasteiger partial charge is 0.196 e. The Morgan fingerprint density at radius 1 is 0.947 bits per heavy atom. The predicted molar refractivity (Wildman–Crippen MR) is 71.3 cm³/mol. The zero-order valence-corrected chi connectivity index (χ0v) is 10.8. The van der Waals surface area contributed by atoms with Gasteiger partial charge in [0, 0.05) is 16.7 Å². The van der Waals surface area contributed by atoms with Gasteiger partial charge in [-0.25, -0.2) is 0 Å². The second kappa shape index (κ2) is 4.21. The number of ketones is 2. The van der Waals surface area contributed by atoms with E-state index in [0.717, 1.165) is 0 Å². The van der Waals surface area contributed by atoms with Crippen molar-refractivity contribution < 1.29 is 14.3 Å². The molecule has 3 rings (SSSR count). The van der Waals surface area contributed by atoms with E-state index in [1.807, 2.05) is 0 Å². The van der Waals surface area contributed by atoms with Crippen molar-refractivity contribution in [2.24, 2.45) is 0 Å². The topological polar surface area (TPSA) is 43.4 Å². The average molecular weight is 273 g/mol. The van der Waals surface area contributed by atoms with E-state index in [9.17, 15) is 9.59 Å². The highest BCUT2D eigenvalue weighted by Crippen LogP contribution is 2.33. The van der Waals surface area contributed by atoms with Crippen LogP contribution in [-0.2, 0) is 0 Å². The summed E-state index contributed by atoms with van der Waals surface area (Å²) in [4.78, 5) is 24.8. The average Bonchev–Trinajstić information content (AvgIpc) is 2.44. The van der Waals surface area contributed by atoms with E-state index in [2.05, 4.69) is 0 Å². The molecule has 1 aliphatic rings. The second-order valence-electron chi connectivity index (χ2n) is 4.23. The summed E-state index contributed by atoms with van der Waals surface area (Å²) < 4.78 is 5.09. The molecule has 0 heterocycles. The summed E-state index contributed by atoms with van der Waals surface area (Å²) in [6.07, 6.45) is 0. The van der Waals surface area contributed by atoms with Crippen LogP contribution in [0.4, 0.5) is 0 Å². The molecule has 19 heavy (non-hydrogen) atoms. The van der Waals surface area contributed by atoms with Crippen molar-refractivity contribution in [3.05, 3.63) is 63.7 Å². The highest BCUT2D eigenvalue weighted by Gasteiger charge is 2.31. The molecule has 0 amide bonds. The van der Waals surface area contributed by atoms with Crippen LogP contribution in [0.3, 0.4) is 0 Å². The van der Waals surface area contributed by atoms with Crippen LogP contribution >= 0.6 is 11.6 Å². The molecular formula is C15H9ClO3. The minimum atomic E-state index is -0.224. The zero-order chi connectivity index (χ0) is 13.6. The molecule has 0 bridgehead atoms. The number of carbonyl (C=O) groups excluding carboxylic acids is 2. The molecule has 94 valence electrons. The van der Waals surface area contributed by atoms with E-state index in [-0.39, 0.29) is 17.1 Å². The maximum absolute atomic E-state index is 12.4. The Morgan fingerprint density at radius 3 is 2.47 bits per heavy atom. The molecule has 0 fully saturated rings. The number of ether oxygens (including phenoxy) is 1. The Bertz CT molecular complexity index is 719. The van der Waals surface area contributed by atoms with Gasteiger partial charge in [0.2, 0.25) is 0 Å². The fourth-order valence-electron chi connectivity index (χ4n) is 2.26. The lowest BCUT2D eigenvalue weighted by molar-refractivity contribution is 0.0979. The van der Waals surface area contributed by atoms with Crippen LogP contribution in [0.5, 0.6) is 5.75 Å². The van der Waals surface area contributed by atoms with E-state index >= 15 is 0 Å². The number of halogens is 1. The molecule has 0 saturated carbocycles. The largest absolute Gasteiger partial charge is 0.497 e. The van der Waals surface area contributed by atoms with E-state index in [1.54, 1.807) is 36.4 Å². The van der Waals surface area contributed by atoms with Gasteiger partial charge >= 0.3 is 0 Å². The van der Waals surface area contributed by atoms with E-state index in [4.69, 9.17) is 16.3 Å². The fourth-order valence-corrected chi connectivity index (χ4v) is 2.52.